The van der Waals surface area contributed by atoms with E-state index in [4.69, 9.17) is 0 Å². The lowest BCUT2D eigenvalue weighted by Gasteiger charge is -2.20. The second kappa shape index (κ2) is 6.18. The van der Waals surface area contributed by atoms with Crippen LogP contribution in [0.2, 0.25) is 0 Å². The second-order valence-corrected chi connectivity index (χ2v) is 5.26. The standard InChI is InChI=1S/C15H24N2/c1-13(2)17-11-9-15(12-17)16-10-8-14-6-4-3-5-7-14/h3-7,13,15-16H,8-12H2,1-2H3. The first-order chi connectivity index (χ1) is 8.25. The molecule has 1 aromatic rings. The van der Waals surface area contributed by atoms with Crippen molar-refractivity contribution in [3.63, 3.8) is 0 Å². The summed E-state index contributed by atoms with van der Waals surface area (Å²) in [6.07, 6.45) is 2.44. The van der Waals surface area contributed by atoms with Crippen LogP contribution in [0.1, 0.15) is 25.8 Å². The maximum atomic E-state index is 3.67. The maximum absolute atomic E-state index is 3.67. The van der Waals surface area contributed by atoms with Gasteiger partial charge >= 0.3 is 0 Å². The molecule has 1 saturated heterocycles. The average molecular weight is 232 g/mol. The van der Waals surface area contributed by atoms with E-state index in [9.17, 15) is 0 Å². The Labute approximate surface area is 105 Å². The van der Waals surface area contributed by atoms with Gasteiger partial charge in [-0.3, -0.25) is 4.90 Å². The zero-order chi connectivity index (χ0) is 12.1. The van der Waals surface area contributed by atoms with Gasteiger partial charge in [0.1, 0.15) is 0 Å². The van der Waals surface area contributed by atoms with Crippen LogP contribution in [0.25, 0.3) is 0 Å². The predicted molar refractivity (Wildman–Crippen MR) is 73.3 cm³/mol. The van der Waals surface area contributed by atoms with Crippen molar-refractivity contribution >= 4 is 0 Å². The summed E-state index contributed by atoms with van der Waals surface area (Å²) in [4.78, 5) is 2.56. The molecule has 0 amide bonds. The van der Waals surface area contributed by atoms with Crippen LogP contribution in [0.5, 0.6) is 0 Å². The molecule has 1 aromatic carbocycles. The summed E-state index contributed by atoms with van der Waals surface area (Å²) in [6.45, 7) is 8.13. The highest BCUT2D eigenvalue weighted by atomic mass is 15.2. The summed E-state index contributed by atoms with van der Waals surface area (Å²) in [5.74, 6) is 0. The first-order valence-corrected chi connectivity index (χ1v) is 6.77. The number of nitrogens with zero attached hydrogens (tertiary/aromatic N) is 1. The monoisotopic (exact) mass is 232 g/mol. The lowest BCUT2D eigenvalue weighted by atomic mass is 10.1. The molecule has 1 aliphatic rings. The molecule has 0 spiro atoms. The van der Waals surface area contributed by atoms with Crippen molar-refractivity contribution in [2.24, 2.45) is 0 Å². The number of hydrogen-bond acceptors (Lipinski definition) is 2. The minimum Gasteiger partial charge on any atom is -0.312 e. The summed E-state index contributed by atoms with van der Waals surface area (Å²) < 4.78 is 0. The molecule has 1 atom stereocenters. The van der Waals surface area contributed by atoms with Crippen molar-refractivity contribution in [3.05, 3.63) is 35.9 Å². The van der Waals surface area contributed by atoms with Crippen LogP contribution >= 0.6 is 0 Å². The Morgan fingerprint density at radius 3 is 2.71 bits per heavy atom. The quantitative estimate of drug-likeness (QED) is 0.838. The van der Waals surface area contributed by atoms with Crippen LogP contribution in [0.15, 0.2) is 30.3 Å². The first kappa shape index (κ1) is 12.6. The van der Waals surface area contributed by atoms with Crippen LogP contribution in [0.4, 0.5) is 0 Å². The topological polar surface area (TPSA) is 15.3 Å². The smallest absolute Gasteiger partial charge is 0.0207 e. The van der Waals surface area contributed by atoms with E-state index in [1.807, 2.05) is 0 Å². The molecule has 94 valence electrons. The van der Waals surface area contributed by atoms with Gasteiger partial charge in [0.25, 0.3) is 0 Å². The summed E-state index contributed by atoms with van der Waals surface area (Å²) >= 11 is 0. The molecule has 0 bridgehead atoms. The summed E-state index contributed by atoms with van der Waals surface area (Å²) in [6, 6.07) is 12.1. The summed E-state index contributed by atoms with van der Waals surface area (Å²) in [7, 11) is 0. The normalized spacial score (nSPS) is 21.2. The van der Waals surface area contributed by atoms with Gasteiger partial charge in [-0.05, 0) is 45.3 Å². The van der Waals surface area contributed by atoms with Crippen LogP contribution < -0.4 is 5.32 Å². The highest BCUT2D eigenvalue weighted by Gasteiger charge is 2.23. The van der Waals surface area contributed by atoms with E-state index in [1.54, 1.807) is 0 Å². The zero-order valence-electron chi connectivity index (χ0n) is 11.0. The van der Waals surface area contributed by atoms with Gasteiger partial charge in [0.2, 0.25) is 0 Å². The molecule has 0 aromatic heterocycles. The highest BCUT2D eigenvalue weighted by molar-refractivity contribution is 5.14. The summed E-state index contributed by atoms with van der Waals surface area (Å²) in [5.41, 5.74) is 1.43. The van der Waals surface area contributed by atoms with Gasteiger partial charge < -0.3 is 5.32 Å². The minimum absolute atomic E-state index is 0.691. The van der Waals surface area contributed by atoms with Crippen LogP contribution in [0.3, 0.4) is 0 Å². The Bertz CT molecular complexity index is 321. The lowest BCUT2D eigenvalue weighted by Crippen LogP contribution is -2.36. The second-order valence-electron chi connectivity index (χ2n) is 5.26. The molecule has 1 N–H and O–H groups in total. The van der Waals surface area contributed by atoms with E-state index < -0.39 is 0 Å². The summed E-state index contributed by atoms with van der Waals surface area (Å²) in [5, 5.41) is 3.67. The van der Waals surface area contributed by atoms with Gasteiger partial charge in [0.15, 0.2) is 0 Å². The molecular weight excluding hydrogens is 208 g/mol. The maximum Gasteiger partial charge on any atom is 0.0207 e. The van der Waals surface area contributed by atoms with Crippen molar-refractivity contribution < 1.29 is 0 Å². The third-order valence-electron chi connectivity index (χ3n) is 3.64. The fourth-order valence-corrected chi connectivity index (χ4v) is 2.49. The largest absolute Gasteiger partial charge is 0.312 e. The Hall–Kier alpha value is -0.860. The Morgan fingerprint density at radius 2 is 2.06 bits per heavy atom. The van der Waals surface area contributed by atoms with Crippen LogP contribution in [-0.2, 0) is 6.42 Å². The fourth-order valence-electron chi connectivity index (χ4n) is 2.49. The molecular formula is C15H24N2. The molecule has 1 fully saturated rings. The highest BCUT2D eigenvalue weighted by Crippen LogP contribution is 2.12. The molecule has 17 heavy (non-hydrogen) atoms. The molecule has 1 unspecified atom stereocenters. The van der Waals surface area contributed by atoms with Crippen molar-refractivity contribution in [1.29, 1.82) is 0 Å². The van der Waals surface area contributed by atoms with Crippen molar-refractivity contribution in [3.8, 4) is 0 Å². The van der Waals surface area contributed by atoms with E-state index in [0.717, 1.165) is 13.0 Å². The number of rotatable bonds is 5. The van der Waals surface area contributed by atoms with Gasteiger partial charge in [0.05, 0.1) is 0 Å². The van der Waals surface area contributed by atoms with Gasteiger partial charge in [-0.25, -0.2) is 0 Å². The molecule has 0 aliphatic carbocycles. The Kier molecular flexibility index (Phi) is 4.57. The number of nitrogens with one attached hydrogen (secondary N) is 1. The predicted octanol–water partition coefficient (Wildman–Crippen LogP) is 2.30. The van der Waals surface area contributed by atoms with Crippen molar-refractivity contribution in [2.75, 3.05) is 19.6 Å². The van der Waals surface area contributed by atoms with Gasteiger partial charge in [-0.1, -0.05) is 30.3 Å². The van der Waals surface area contributed by atoms with E-state index >= 15 is 0 Å². The molecule has 2 heteroatoms. The molecule has 1 aliphatic heterocycles. The van der Waals surface area contributed by atoms with Gasteiger partial charge in [-0.15, -0.1) is 0 Å². The zero-order valence-corrected chi connectivity index (χ0v) is 11.0. The molecule has 0 saturated carbocycles. The average Bonchev–Trinajstić information content (AvgIpc) is 2.79. The minimum atomic E-state index is 0.691. The van der Waals surface area contributed by atoms with E-state index in [0.29, 0.717) is 12.1 Å². The number of benzene rings is 1. The third-order valence-corrected chi connectivity index (χ3v) is 3.64. The van der Waals surface area contributed by atoms with Crippen LogP contribution in [0, 0.1) is 0 Å². The lowest BCUT2D eigenvalue weighted by molar-refractivity contribution is 0.268. The van der Waals surface area contributed by atoms with Crippen molar-refractivity contribution in [2.45, 2.75) is 38.8 Å². The Morgan fingerprint density at radius 1 is 1.29 bits per heavy atom. The fraction of sp³-hybridized carbons (Fsp3) is 0.600. The van der Waals surface area contributed by atoms with E-state index in [2.05, 4.69) is 54.4 Å². The molecule has 2 nitrogen and oxygen atoms in total. The SMILES string of the molecule is CC(C)N1CCC(NCCc2ccccc2)C1. The van der Waals surface area contributed by atoms with E-state index in [-0.39, 0.29) is 0 Å². The molecule has 0 radical (unpaired) electrons. The number of hydrogen-bond donors (Lipinski definition) is 1. The van der Waals surface area contributed by atoms with E-state index in [1.165, 1.54) is 25.1 Å². The Balaban J connectivity index is 1.67. The van der Waals surface area contributed by atoms with Crippen LogP contribution in [-0.4, -0.2) is 36.6 Å². The molecule has 1 heterocycles. The van der Waals surface area contributed by atoms with Gasteiger partial charge in [-0.2, -0.15) is 0 Å². The third kappa shape index (κ3) is 3.83. The van der Waals surface area contributed by atoms with Gasteiger partial charge in [0, 0.05) is 18.6 Å². The molecule has 2 rings (SSSR count). The first-order valence-electron chi connectivity index (χ1n) is 6.77. The number of likely N-dealkylation sites (tertiary alicyclic amines) is 1. The van der Waals surface area contributed by atoms with Crippen molar-refractivity contribution in [1.82, 2.24) is 10.2 Å².